The number of amides is 3. The summed E-state index contributed by atoms with van der Waals surface area (Å²) in [5.41, 5.74) is 3.53. The van der Waals surface area contributed by atoms with Crippen LogP contribution in [0.3, 0.4) is 0 Å². The average Bonchev–Trinajstić information content (AvgIpc) is 2.83. The molecule has 3 amide bonds. The van der Waals surface area contributed by atoms with E-state index in [1.54, 1.807) is 7.11 Å². The van der Waals surface area contributed by atoms with E-state index in [4.69, 9.17) is 4.74 Å². The topological polar surface area (TPSA) is 61.9 Å². The van der Waals surface area contributed by atoms with Gasteiger partial charge in [-0.15, -0.1) is 0 Å². The van der Waals surface area contributed by atoms with Crippen LogP contribution in [0.4, 0.5) is 4.79 Å². The van der Waals surface area contributed by atoms with Crippen molar-refractivity contribution >= 4 is 11.9 Å². The first-order chi connectivity index (χ1) is 15.6. The maximum atomic E-state index is 13.5. The highest BCUT2D eigenvalue weighted by atomic mass is 16.5. The summed E-state index contributed by atoms with van der Waals surface area (Å²) < 4.78 is 5.40. The molecule has 3 heterocycles. The van der Waals surface area contributed by atoms with E-state index >= 15 is 0 Å². The van der Waals surface area contributed by atoms with Crippen molar-refractivity contribution in [2.45, 2.75) is 50.7 Å². The predicted molar refractivity (Wildman–Crippen MR) is 122 cm³/mol. The third-order valence-electron chi connectivity index (χ3n) is 7.45. The van der Waals surface area contributed by atoms with Crippen LogP contribution in [-0.4, -0.2) is 48.0 Å². The van der Waals surface area contributed by atoms with Crippen molar-refractivity contribution < 1.29 is 14.3 Å². The smallest absolute Gasteiger partial charge is 0.318 e. The lowest BCUT2D eigenvalue weighted by Gasteiger charge is -2.51. The molecular formula is C26H31N3O3. The summed E-state index contributed by atoms with van der Waals surface area (Å²) in [5, 5.41) is 3.17. The summed E-state index contributed by atoms with van der Waals surface area (Å²) in [4.78, 5) is 30.8. The van der Waals surface area contributed by atoms with Crippen molar-refractivity contribution in [3.63, 3.8) is 0 Å². The van der Waals surface area contributed by atoms with Crippen LogP contribution in [-0.2, 0) is 11.2 Å². The fourth-order valence-corrected chi connectivity index (χ4v) is 5.76. The minimum absolute atomic E-state index is 0.0263. The fourth-order valence-electron chi connectivity index (χ4n) is 5.76. The normalized spacial score (nSPS) is 25.3. The fraction of sp³-hybridized carbons (Fsp3) is 0.462. The first-order valence-electron chi connectivity index (χ1n) is 11.7. The Labute approximate surface area is 189 Å². The van der Waals surface area contributed by atoms with E-state index in [0.717, 1.165) is 43.5 Å². The van der Waals surface area contributed by atoms with Crippen molar-refractivity contribution in [1.82, 2.24) is 15.1 Å². The van der Waals surface area contributed by atoms with Crippen LogP contribution in [0.2, 0.25) is 0 Å². The summed E-state index contributed by atoms with van der Waals surface area (Å²) in [5.74, 6) is 0.963. The Morgan fingerprint density at radius 2 is 1.97 bits per heavy atom. The summed E-state index contributed by atoms with van der Waals surface area (Å²) in [6.45, 7) is 3.45. The van der Waals surface area contributed by atoms with Gasteiger partial charge in [0.1, 0.15) is 5.75 Å². The first kappa shape index (κ1) is 20.9. The van der Waals surface area contributed by atoms with Gasteiger partial charge < -0.3 is 19.9 Å². The number of carbonyl (C=O) groups is 2. The molecule has 2 fully saturated rings. The molecule has 0 spiro atoms. The number of urea groups is 1. The number of ether oxygens (including phenoxy) is 1. The Kier molecular flexibility index (Phi) is 5.53. The van der Waals surface area contributed by atoms with Gasteiger partial charge in [0.15, 0.2) is 0 Å². The van der Waals surface area contributed by atoms with Gasteiger partial charge in [0.25, 0.3) is 0 Å². The first-order valence-corrected chi connectivity index (χ1v) is 11.7. The zero-order chi connectivity index (χ0) is 22.2. The number of carbonyl (C=O) groups excluding carboxylic acids is 2. The third-order valence-corrected chi connectivity index (χ3v) is 7.45. The molecule has 1 N–H and O–H groups in total. The number of piperidine rings is 2. The van der Waals surface area contributed by atoms with Crippen molar-refractivity contribution in [3.05, 3.63) is 65.2 Å². The molecule has 4 atom stereocenters. The van der Waals surface area contributed by atoms with Gasteiger partial charge in [0.2, 0.25) is 5.91 Å². The molecule has 0 saturated carbocycles. The molecule has 168 valence electrons. The lowest BCUT2D eigenvalue weighted by Crippen LogP contribution is -2.61. The number of methoxy groups -OCH3 is 1. The van der Waals surface area contributed by atoms with E-state index in [0.29, 0.717) is 6.54 Å². The Morgan fingerprint density at radius 3 is 2.75 bits per heavy atom. The molecule has 2 aromatic rings. The van der Waals surface area contributed by atoms with E-state index in [-0.39, 0.29) is 36.0 Å². The van der Waals surface area contributed by atoms with Gasteiger partial charge in [-0.1, -0.05) is 36.4 Å². The molecule has 0 aromatic heterocycles. The molecule has 6 nitrogen and oxygen atoms in total. The second-order valence-corrected chi connectivity index (χ2v) is 9.19. The monoisotopic (exact) mass is 433 g/mol. The SMILES string of the molecule is COc1ccc2c(c1)CCN1C(=O)[C@@H]3CCCN(C(=O)N[C@H](C)c4ccccc4)[C@@H]3C[C@@H]21. The zero-order valence-corrected chi connectivity index (χ0v) is 18.8. The number of hydrogen-bond acceptors (Lipinski definition) is 3. The molecule has 32 heavy (non-hydrogen) atoms. The molecule has 3 aliphatic rings. The number of likely N-dealkylation sites (tertiary alicyclic amines) is 1. The summed E-state index contributed by atoms with van der Waals surface area (Å²) in [6.07, 6.45) is 3.38. The van der Waals surface area contributed by atoms with Crippen LogP contribution in [0.5, 0.6) is 5.75 Å². The van der Waals surface area contributed by atoms with Gasteiger partial charge in [-0.3, -0.25) is 4.79 Å². The van der Waals surface area contributed by atoms with Crippen molar-refractivity contribution in [2.75, 3.05) is 20.2 Å². The van der Waals surface area contributed by atoms with Gasteiger partial charge in [-0.05, 0) is 61.4 Å². The van der Waals surface area contributed by atoms with E-state index in [1.807, 2.05) is 48.2 Å². The van der Waals surface area contributed by atoms with Crippen LogP contribution >= 0.6 is 0 Å². The minimum Gasteiger partial charge on any atom is -0.497 e. The average molecular weight is 434 g/mol. The van der Waals surface area contributed by atoms with Gasteiger partial charge in [0.05, 0.1) is 25.1 Å². The van der Waals surface area contributed by atoms with Crippen molar-refractivity contribution in [1.29, 1.82) is 0 Å². The van der Waals surface area contributed by atoms with Gasteiger partial charge in [-0.25, -0.2) is 4.79 Å². The Balaban J connectivity index is 1.38. The predicted octanol–water partition coefficient (Wildman–Crippen LogP) is 4.08. The van der Waals surface area contributed by atoms with Gasteiger partial charge in [-0.2, -0.15) is 0 Å². The number of benzene rings is 2. The summed E-state index contributed by atoms with van der Waals surface area (Å²) in [7, 11) is 1.68. The summed E-state index contributed by atoms with van der Waals surface area (Å²) in [6, 6.07) is 16.0. The second kappa shape index (κ2) is 8.49. The van der Waals surface area contributed by atoms with Crippen molar-refractivity contribution in [3.8, 4) is 5.75 Å². The Morgan fingerprint density at radius 1 is 1.16 bits per heavy atom. The molecule has 3 aliphatic heterocycles. The minimum atomic E-state index is -0.0995. The largest absolute Gasteiger partial charge is 0.497 e. The van der Waals surface area contributed by atoms with Crippen LogP contribution < -0.4 is 10.1 Å². The van der Waals surface area contributed by atoms with E-state index in [1.165, 1.54) is 11.1 Å². The number of rotatable bonds is 3. The van der Waals surface area contributed by atoms with E-state index in [9.17, 15) is 9.59 Å². The van der Waals surface area contributed by atoms with Crippen LogP contribution in [0.1, 0.15) is 55.0 Å². The Bertz CT molecular complexity index is 1010. The maximum absolute atomic E-state index is 13.5. The second-order valence-electron chi connectivity index (χ2n) is 9.19. The molecule has 0 unspecified atom stereocenters. The van der Waals surface area contributed by atoms with Crippen molar-refractivity contribution in [2.24, 2.45) is 5.92 Å². The third kappa shape index (κ3) is 3.61. The van der Waals surface area contributed by atoms with Gasteiger partial charge in [0, 0.05) is 19.1 Å². The molecule has 0 radical (unpaired) electrons. The molecule has 2 aromatic carbocycles. The number of fused-ring (bicyclic) bond motifs is 4. The standard InChI is InChI=1S/C26H31N3O3/c1-17(18-7-4-3-5-8-18)27-26(31)29-13-6-9-22-24(29)16-23-21-11-10-20(32-2)15-19(21)12-14-28(23)25(22)30/h3-5,7-8,10-11,15,17,22-24H,6,9,12-14,16H2,1-2H3,(H,27,31)/t17-,22-,23+,24-/m1/s1. The molecular weight excluding hydrogens is 402 g/mol. The molecule has 2 saturated heterocycles. The number of nitrogens with one attached hydrogen (secondary N) is 1. The maximum Gasteiger partial charge on any atom is 0.318 e. The van der Waals surface area contributed by atoms with Crippen LogP contribution in [0.25, 0.3) is 0 Å². The summed E-state index contributed by atoms with van der Waals surface area (Å²) >= 11 is 0. The highest BCUT2D eigenvalue weighted by molar-refractivity contribution is 5.84. The van der Waals surface area contributed by atoms with Gasteiger partial charge >= 0.3 is 6.03 Å². The van der Waals surface area contributed by atoms with Crippen LogP contribution in [0.15, 0.2) is 48.5 Å². The van der Waals surface area contributed by atoms with E-state index in [2.05, 4.69) is 22.3 Å². The molecule has 5 rings (SSSR count). The molecule has 0 aliphatic carbocycles. The highest BCUT2D eigenvalue weighted by Gasteiger charge is 2.48. The Hall–Kier alpha value is -3.02. The quantitative estimate of drug-likeness (QED) is 0.794. The van der Waals surface area contributed by atoms with Crippen LogP contribution in [0, 0.1) is 5.92 Å². The molecule has 0 bridgehead atoms. The molecule has 6 heteroatoms. The lowest BCUT2D eigenvalue weighted by molar-refractivity contribution is -0.148. The highest BCUT2D eigenvalue weighted by Crippen LogP contribution is 2.44. The lowest BCUT2D eigenvalue weighted by atomic mass is 9.76. The number of nitrogens with zero attached hydrogens (tertiary/aromatic N) is 2. The zero-order valence-electron chi connectivity index (χ0n) is 18.8. The van der Waals surface area contributed by atoms with E-state index < -0.39 is 0 Å². The number of hydrogen-bond donors (Lipinski definition) is 1.